The number of hydrogen-bond acceptors (Lipinski definition) is 4. The maximum absolute atomic E-state index is 9.06. The van der Waals surface area contributed by atoms with E-state index >= 15 is 0 Å². The lowest BCUT2D eigenvalue weighted by molar-refractivity contribution is 0.321. The van der Waals surface area contributed by atoms with Crippen LogP contribution in [0.5, 0.6) is 0 Å². The lowest BCUT2D eigenvalue weighted by Gasteiger charge is -2.30. The molecule has 1 aliphatic heterocycles. The number of rotatable bonds is 1. The molecule has 2 aromatic carbocycles. The van der Waals surface area contributed by atoms with Gasteiger partial charge in [0.2, 0.25) is 0 Å². The third kappa shape index (κ3) is 2.29. The van der Waals surface area contributed by atoms with Gasteiger partial charge in [0, 0.05) is 16.3 Å². The molecule has 1 heterocycles. The van der Waals surface area contributed by atoms with Gasteiger partial charge in [-0.15, -0.1) is 0 Å². The third-order valence-electron chi connectivity index (χ3n) is 2.98. The van der Waals surface area contributed by atoms with Crippen LogP contribution >= 0.6 is 23.4 Å². The first-order valence-corrected chi connectivity index (χ1v) is 7.13. The van der Waals surface area contributed by atoms with Gasteiger partial charge in [0.05, 0.1) is 11.6 Å². The number of hydrogen-bond donors (Lipinski definition) is 1. The first-order chi connectivity index (χ1) is 9.29. The zero-order valence-electron chi connectivity index (χ0n) is 9.95. The SMILES string of the molecule is O/N=C1/SCN(c2ccc(Cl)cc2)c2ccccc21. The van der Waals surface area contributed by atoms with Crippen molar-refractivity contribution in [1.29, 1.82) is 0 Å². The molecule has 0 fully saturated rings. The zero-order chi connectivity index (χ0) is 13.2. The fraction of sp³-hybridized carbons (Fsp3) is 0.0714. The van der Waals surface area contributed by atoms with E-state index in [1.165, 1.54) is 11.8 Å². The average molecular weight is 291 g/mol. The summed E-state index contributed by atoms with van der Waals surface area (Å²) >= 11 is 7.43. The van der Waals surface area contributed by atoms with E-state index in [9.17, 15) is 0 Å². The number of thioether (sulfide) groups is 1. The molecule has 0 aromatic heterocycles. The fourth-order valence-electron chi connectivity index (χ4n) is 2.08. The van der Waals surface area contributed by atoms with Crippen molar-refractivity contribution in [2.45, 2.75) is 0 Å². The van der Waals surface area contributed by atoms with Crippen molar-refractivity contribution in [3.8, 4) is 0 Å². The van der Waals surface area contributed by atoms with E-state index in [-0.39, 0.29) is 0 Å². The Kier molecular flexibility index (Phi) is 3.36. The molecular formula is C14H11ClN2OS. The van der Waals surface area contributed by atoms with Crippen LogP contribution in [-0.2, 0) is 0 Å². The summed E-state index contributed by atoms with van der Waals surface area (Å²) in [4.78, 5) is 2.17. The normalized spacial score (nSPS) is 16.5. The number of oxime groups is 1. The topological polar surface area (TPSA) is 35.8 Å². The highest BCUT2D eigenvalue weighted by atomic mass is 35.5. The van der Waals surface area contributed by atoms with Gasteiger partial charge < -0.3 is 10.1 Å². The monoisotopic (exact) mass is 290 g/mol. The van der Waals surface area contributed by atoms with Crippen molar-refractivity contribution in [1.82, 2.24) is 0 Å². The van der Waals surface area contributed by atoms with Crippen molar-refractivity contribution in [2.24, 2.45) is 5.16 Å². The Hall–Kier alpha value is -1.65. The number of halogens is 1. The first-order valence-electron chi connectivity index (χ1n) is 5.77. The zero-order valence-corrected chi connectivity index (χ0v) is 11.5. The predicted octanol–water partition coefficient (Wildman–Crippen LogP) is 4.32. The second-order valence-corrected chi connectivity index (χ2v) is 5.47. The number of para-hydroxylation sites is 1. The van der Waals surface area contributed by atoms with Crippen LogP contribution in [-0.4, -0.2) is 16.1 Å². The first kappa shape index (κ1) is 12.4. The molecule has 1 N–H and O–H groups in total. The number of benzene rings is 2. The second-order valence-electron chi connectivity index (χ2n) is 4.10. The highest BCUT2D eigenvalue weighted by Crippen LogP contribution is 2.37. The van der Waals surface area contributed by atoms with Crippen LogP contribution in [0.3, 0.4) is 0 Å². The van der Waals surface area contributed by atoms with Crippen molar-refractivity contribution < 1.29 is 5.21 Å². The van der Waals surface area contributed by atoms with Crippen molar-refractivity contribution in [3.05, 3.63) is 59.1 Å². The summed E-state index contributed by atoms with van der Waals surface area (Å²) in [5, 5.41) is 13.8. The Bertz CT molecular complexity index is 628. The largest absolute Gasteiger partial charge is 0.410 e. The van der Waals surface area contributed by atoms with Gasteiger partial charge in [0.25, 0.3) is 0 Å². The Morgan fingerprint density at radius 2 is 1.84 bits per heavy atom. The molecule has 0 atom stereocenters. The minimum absolute atomic E-state index is 0.654. The molecule has 0 bridgehead atoms. The molecular weight excluding hydrogens is 280 g/mol. The molecule has 3 rings (SSSR count). The van der Waals surface area contributed by atoms with Crippen LogP contribution in [0.2, 0.25) is 5.02 Å². The molecule has 0 saturated carbocycles. The van der Waals surface area contributed by atoms with Crippen molar-refractivity contribution >= 4 is 39.8 Å². The smallest absolute Gasteiger partial charge is 0.146 e. The summed E-state index contributed by atoms with van der Waals surface area (Å²) in [6, 6.07) is 15.6. The van der Waals surface area contributed by atoms with E-state index < -0.39 is 0 Å². The molecule has 96 valence electrons. The summed E-state index contributed by atoms with van der Waals surface area (Å²) in [5.74, 6) is 0.706. The van der Waals surface area contributed by atoms with E-state index in [0.717, 1.165) is 22.0 Å². The quantitative estimate of drug-likeness (QED) is 0.628. The highest BCUT2D eigenvalue weighted by molar-refractivity contribution is 8.14. The van der Waals surface area contributed by atoms with E-state index in [1.54, 1.807) is 0 Å². The molecule has 0 unspecified atom stereocenters. The number of nitrogens with zero attached hydrogens (tertiary/aromatic N) is 2. The summed E-state index contributed by atoms with van der Waals surface area (Å²) in [6.45, 7) is 0. The van der Waals surface area contributed by atoms with Gasteiger partial charge in [-0.05, 0) is 30.3 Å². The van der Waals surface area contributed by atoms with Crippen LogP contribution < -0.4 is 4.90 Å². The van der Waals surface area contributed by atoms with Crippen LogP contribution in [0.15, 0.2) is 53.7 Å². The van der Waals surface area contributed by atoms with Gasteiger partial charge in [-0.1, -0.05) is 46.7 Å². The van der Waals surface area contributed by atoms with Crippen LogP contribution in [0.4, 0.5) is 11.4 Å². The molecule has 0 radical (unpaired) electrons. The molecule has 2 aromatic rings. The van der Waals surface area contributed by atoms with Crippen molar-refractivity contribution in [3.63, 3.8) is 0 Å². The van der Waals surface area contributed by atoms with Crippen LogP contribution in [0, 0.1) is 0 Å². The lowest BCUT2D eigenvalue weighted by Crippen LogP contribution is -2.24. The molecule has 3 nitrogen and oxygen atoms in total. The second kappa shape index (κ2) is 5.15. The third-order valence-corrected chi connectivity index (χ3v) is 4.20. The van der Waals surface area contributed by atoms with E-state index in [2.05, 4.69) is 10.1 Å². The highest BCUT2D eigenvalue weighted by Gasteiger charge is 2.23. The number of anilines is 2. The molecule has 1 aliphatic rings. The molecule has 0 spiro atoms. The fourth-order valence-corrected chi connectivity index (χ4v) is 3.13. The van der Waals surface area contributed by atoms with E-state index in [4.69, 9.17) is 16.8 Å². The molecule has 0 aliphatic carbocycles. The maximum atomic E-state index is 9.06. The molecule has 0 amide bonds. The maximum Gasteiger partial charge on any atom is 0.146 e. The minimum atomic E-state index is 0.654. The molecule has 19 heavy (non-hydrogen) atoms. The van der Waals surface area contributed by atoms with Gasteiger partial charge >= 0.3 is 0 Å². The van der Waals surface area contributed by atoms with Gasteiger partial charge in [0.15, 0.2) is 0 Å². The average Bonchev–Trinajstić information content (AvgIpc) is 2.47. The summed E-state index contributed by atoms with van der Waals surface area (Å²) in [6.07, 6.45) is 0. The van der Waals surface area contributed by atoms with Crippen LogP contribution in [0.25, 0.3) is 0 Å². The van der Waals surface area contributed by atoms with Crippen LogP contribution in [0.1, 0.15) is 5.56 Å². The van der Waals surface area contributed by atoms with Crippen molar-refractivity contribution in [2.75, 3.05) is 10.8 Å². The van der Waals surface area contributed by atoms with Gasteiger partial charge in [-0.3, -0.25) is 0 Å². The Balaban J connectivity index is 2.07. The van der Waals surface area contributed by atoms with E-state index in [0.29, 0.717) is 10.9 Å². The summed E-state index contributed by atoms with van der Waals surface area (Å²) < 4.78 is 0. The standard InChI is InChI=1S/C14H11ClN2OS/c15-10-5-7-11(8-6-10)17-9-19-14(16-18)12-3-1-2-4-13(12)17/h1-8,18H,9H2/b16-14+. The van der Waals surface area contributed by atoms with Gasteiger partial charge in [0.1, 0.15) is 5.04 Å². The Labute approximate surface area is 120 Å². The number of fused-ring (bicyclic) bond motifs is 1. The predicted molar refractivity (Wildman–Crippen MR) is 80.8 cm³/mol. The summed E-state index contributed by atoms with van der Waals surface area (Å²) in [5.41, 5.74) is 3.05. The minimum Gasteiger partial charge on any atom is -0.410 e. The molecule has 0 saturated heterocycles. The van der Waals surface area contributed by atoms with Gasteiger partial charge in [-0.2, -0.15) is 0 Å². The van der Waals surface area contributed by atoms with E-state index in [1.807, 2.05) is 48.5 Å². The molecule has 5 heteroatoms. The Morgan fingerprint density at radius 3 is 2.58 bits per heavy atom. The van der Waals surface area contributed by atoms with Gasteiger partial charge in [-0.25, -0.2) is 0 Å². The lowest BCUT2D eigenvalue weighted by atomic mass is 10.1. The summed E-state index contributed by atoms with van der Waals surface area (Å²) in [7, 11) is 0. The Morgan fingerprint density at radius 1 is 1.11 bits per heavy atom.